The molecule has 3 N–H and O–H groups in total. The number of carbonyl (C=O) groups is 1. The first-order chi connectivity index (χ1) is 10.9. The normalized spacial score (nSPS) is 20.0. The largest absolute Gasteiger partial charge is 0.507 e. The molecule has 2 unspecified atom stereocenters. The van der Waals surface area contributed by atoms with Crippen molar-refractivity contribution in [2.75, 3.05) is 0 Å². The first-order valence-electron chi connectivity index (χ1n) is 8.09. The van der Waals surface area contributed by atoms with Crippen LogP contribution in [0, 0.1) is 0 Å². The highest BCUT2D eigenvalue weighted by atomic mass is 32.2. The van der Waals surface area contributed by atoms with Crippen molar-refractivity contribution >= 4 is 17.7 Å². The molecule has 1 heterocycles. The summed E-state index contributed by atoms with van der Waals surface area (Å²) in [4.78, 5) is 12.0. The molecule has 1 aliphatic heterocycles. The fourth-order valence-electron chi connectivity index (χ4n) is 2.75. The number of carbonyl (C=O) groups excluding carboxylic acids is 1. The van der Waals surface area contributed by atoms with Gasteiger partial charge in [-0.25, -0.2) is 0 Å². The van der Waals surface area contributed by atoms with E-state index < -0.39 is 11.4 Å². The van der Waals surface area contributed by atoms with E-state index in [0.717, 1.165) is 11.1 Å². The number of thioether (sulfide) groups is 1. The maximum atomic E-state index is 12.0. The lowest BCUT2D eigenvalue weighted by molar-refractivity contribution is -0.121. The zero-order chi connectivity index (χ0) is 18.3. The minimum Gasteiger partial charge on any atom is -0.507 e. The average Bonchev–Trinajstić information content (AvgIpc) is 2.45. The van der Waals surface area contributed by atoms with Crippen LogP contribution in [-0.4, -0.2) is 21.4 Å². The van der Waals surface area contributed by atoms with Gasteiger partial charge in [0, 0.05) is 6.20 Å². The van der Waals surface area contributed by atoms with Crippen LogP contribution in [0.5, 0.6) is 5.75 Å². The zero-order valence-corrected chi connectivity index (χ0v) is 16.0. The van der Waals surface area contributed by atoms with Gasteiger partial charge in [0.05, 0.1) is 0 Å². The third kappa shape index (κ3) is 3.78. The third-order valence-corrected chi connectivity index (χ3v) is 5.21. The number of hydrogen-bond acceptors (Lipinski definition) is 4. The predicted molar refractivity (Wildman–Crippen MR) is 99.1 cm³/mol. The molecule has 0 saturated heterocycles. The highest BCUT2D eigenvalue weighted by Gasteiger charge is 2.33. The minimum atomic E-state index is -0.942. The molecule has 0 aliphatic carbocycles. The predicted octanol–water partition coefficient (Wildman–Crippen LogP) is 3.72. The molecule has 2 rings (SSSR count). The van der Waals surface area contributed by atoms with Gasteiger partial charge < -0.3 is 15.5 Å². The van der Waals surface area contributed by atoms with Gasteiger partial charge in [-0.3, -0.25) is 4.79 Å². The summed E-state index contributed by atoms with van der Waals surface area (Å²) in [6.45, 7) is 12.1. The van der Waals surface area contributed by atoms with Gasteiger partial charge in [-0.15, -0.1) is 11.8 Å². The van der Waals surface area contributed by atoms with Gasteiger partial charge in [0.25, 0.3) is 0 Å². The molecular weight excluding hydrogens is 322 g/mol. The van der Waals surface area contributed by atoms with Crippen LogP contribution in [0.3, 0.4) is 0 Å². The van der Waals surface area contributed by atoms with Crippen molar-refractivity contribution in [3.8, 4) is 5.75 Å². The van der Waals surface area contributed by atoms with Gasteiger partial charge in [-0.2, -0.15) is 0 Å². The van der Waals surface area contributed by atoms with E-state index in [1.807, 2.05) is 53.7 Å². The van der Waals surface area contributed by atoms with Gasteiger partial charge >= 0.3 is 0 Å². The van der Waals surface area contributed by atoms with Crippen LogP contribution in [0.15, 0.2) is 23.7 Å². The second kappa shape index (κ2) is 6.45. The zero-order valence-electron chi connectivity index (χ0n) is 15.2. The summed E-state index contributed by atoms with van der Waals surface area (Å²) in [5, 5.41) is 25.3. The molecule has 0 fully saturated rings. The monoisotopic (exact) mass is 349 g/mol. The quantitative estimate of drug-likeness (QED) is 0.761. The van der Waals surface area contributed by atoms with E-state index in [-0.39, 0.29) is 22.5 Å². The topological polar surface area (TPSA) is 69.6 Å². The summed E-state index contributed by atoms with van der Waals surface area (Å²) >= 11 is 1.30. The Morgan fingerprint density at radius 2 is 1.58 bits per heavy atom. The number of aromatic hydroxyl groups is 1. The number of benzene rings is 1. The molecule has 1 aromatic carbocycles. The summed E-state index contributed by atoms with van der Waals surface area (Å²) in [7, 11) is 0. The number of amides is 1. The van der Waals surface area contributed by atoms with E-state index >= 15 is 0 Å². The molecule has 2 atom stereocenters. The van der Waals surface area contributed by atoms with Gasteiger partial charge in [-0.1, -0.05) is 41.5 Å². The molecule has 0 radical (unpaired) electrons. The smallest absolute Gasteiger partial charge is 0.240 e. The van der Waals surface area contributed by atoms with Crippen molar-refractivity contribution in [3.63, 3.8) is 0 Å². The molecular formula is C19H27NO3S. The average molecular weight is 349 g/mol. The van der Waals surface area contributed by atoms with Crippen molar-refractivity contribution in [2.45, 2.75) is 63.7 Å². The number of rotatable bonds is 2. The van der Waals surface area contributed by atoms with Crippen molar-refractivity contribution in [3.05, 3.63) is 40.4 Å². The molecule has 0 spiro atoms. The lowest BCUT2D eigenvalue weighted by Gasteiger charge is -2.30. The molecule has 132 valence electrons. The minimum absolute atomic E-state index is 0.210. The Morgan fingerprint density at radius 1 is 1.08 bits per heavy atom. The maximum absolute atomic E-state index is 12.0. The van der Waals surface area contributed by atoms with Crippen LogP contribution >= 0.6 is 11.8 Å². The molecule has 1 aromatic rings. The Labute approximate surface area is 148 Å². The Balaban J connectivity index is 2.58. The summed E-state index contributed by atoms with van der Waals surface area (Å²) in [5.74, 6) is 0.0595. The summed E-state index contributed by atoms with van der Waals surface area (Å²) in [5.41, 5.74) is 1.66. The standard InChI is InChI=1S/C19H27NO3S/c1-18(2,3)12-9-11(10-13(15(12)22)19(4,5)6)14(21)16-17(23)20-7-8-24-16/h7-10,14,16,21-22H,1-6H3,(H,20,23). The van der Waals surface area contributed by atoms with Gasteiger partial charge in [0.15, 0.2) is 0 Å². The van der Waals surface area contributed by atoms with Gasteiger partial charge in [-0.05, 0) is 45.1 Å². The molecule has 1 amide bonds. The third-order valence-electron chi connectivity index (χ3n) is 4.15. The number of phenolic OH excluding ortho intramolecular Hbond substituents is 1. The first kappa shape index (κ1) is 18.9. The first-order valence-corrected chi connectivity index (χ1v) is 9.04. The Bertz CT molecular complexity index is 633. The summed E-state index contributed by atoms with van der Waals surface area (Å²) in [6, 6.07) is 3.64. The van der Waals surface area contributed by atoms with Crippen molar-refractivity contribution in [1.29, 1.82) is 0 Å². The molecule has 1 aliphatic rings. The number of hydrogen-bond donors (Lipinski definition) is 3. The molecule has 0 saturated carbocycles. The van der Waals surface area contributed by atoms with Crippen LogP contribution in [0.25, 0.3) is 0 Å². The lowest BCUT2D eigenvalue weighted by atomic mass is 9.77. The molecule has 5 heteroatoms. The number of phenols is 1. The van der Waals surface area contributed by atoms with E-state index in [2.05, 4.69) is 5.32 Å². The fourth-order valence-corrected chi connectivity index (χ4v) is 3.56. The van der Waals surface area contributed by atoms with E-state index in [4.69, 9.17) is 0 Å². The Morgan fingerprint density at radius 3 is 2.00 bits per heavy atom. The highest BCUT2D eigenvalue weighted by molar-refractivity contribution is 8.03. The van der Waals surface area contributed by atoms with Crippen LogP contribution < -0.4 is 5.32 Å². The van der Waals surface area contributed by atoms with E-state index in [1.165, 1.54) is 11.8 Å². The summed E-state index contributed by atoms with van der Waals surface area (Å²) in [6.07, 6.45) is 0.636. The Hall–Kier alpha value is -1.46. The molecule has 4 nitrogen and oxygen atoms in total. The van der Waals surface area contributed by atoms with E-state index in [0.29, 0.717) is 5.56 Å². The number of nitrogens with one attached hydrogen (secondary N) is 1. The second-order valence-corrected chi connectivity index (χ2v) is 9.33. The van der Waals surface area contributed by atoms with Crippen molar-refractivity contribution in [2.24, 2.45) is 0 Å². The van der Waals surface area contributed by atoms with Crippen LogP contribution in [0.2, 0.25) is 0 Å². The van der Waals surface area contributed by atoms with E-state index in [9.17, 15) is 15.0 Å². The fraction of sp³-hybridized carbons (Fsp3) is 0.526. The number of aliphatic hydroxyl groups is 1. The van der Waals surface area contributed by atoms with Crippen LogP contribution in [0.4, 0.5) is 0 Å². The highest BCUT2D eigenvalue weighted by Crippen LogP contribution is 2.42. The van der Waals surface area contributed by atoms with Gasteiger partial charge in [0.1, 0.15) is 17.1 Å². The van der Waals surface area contributed by atoms with E-state index in [1.54, 1.807) is 11.6 Å². The van der Waals surface area contributed by atoms with Crippen LogP contribution in [0.1, 0.15) is 64.3 Å². The molecule has 24 heavy (non-hydrogen) atoms. The van der Waals surface area contributed by atoms with Crippen LogP contribution in [-0.2, 0) is 15.6 Å². The maximum Gasteiger partial charge on any atom is 0.240 e. The molecule has 0 bridgehead atoms. The SMILES string of the molecule is CC(C)(C)c1cc(C(O)C2SC=CNC2=O)cc(C(C)(C)C)c1O. The van der Waals surface area contributed by atoms with Gasteiger partial charge in [0.2, 0.25) is 5.91 Å². The molecule has 0 aromatic heterocycles. The van der Waals surface area contributed by atoms with Crippen molar-refractivity contribution < 1.29 is 15.0 Å². The second-order valence-electron chi connectivity index (χ2n) is 8.28. The summed E-state index contributed by atoms with van der Waals surface area (Å²) < 4.78 is 0. The lowest BCUT2D eigenvalue weighted by Crippen LogP contribution is -2.35. The number of aliphatic hydroxyl groups excluding tert-OH is 1. The van der Waals surface area contributed by atoms with Crippen molar-refractivity contribution in [1.82, 2.24) is 5.32 Å². The Kier molecular flexibility index (Phi) is 5.07.